The van der Waals surface area contributed by atoms with Crippen LogP contribution in [0.2, 0.25) is 0 Å². The van der Waals surface area contributed by atoms with E-state index in [-0.39, 0.29) is 0 Å². The van der Waals surface area contributed by atoms with E-state index in [0.29, 0.717) is 6.04 Å². The molecule has 1 aliphatic heterocycles. The second-order valence-electron chi connectivity index (χ2n) is 3.73. The normalized spacial score (nSPS) is 23.8. The fraction of sp³-hybridized carbons (Fsp3) is 1.00. The van der Waals surface area contributed by atoms with Crippen LogP contribution >= 0.6 is 0 Å². The molecule has 1 unspecified atom stereocenters. The van der Waals surface area contributed by atoms with E-state index in [2.05, 4.69) is 29.6 Å². The zero-order chi connectivity index (χ0) is 9.52. The van der Waals surface area contributed by atoms with Gasteiger partial charge in [0.1, 0.15) is 0 Å². The number of ether oxygens (including phenoxy) is 1. The molecule has 0 spiro atoms. The van der Waals surface area contributed by atoms with Gasteiger partial charge in [0.2, 0.25) is 0 Å². The molecule has 1 heterocycles. The van der Waals surface area contributed by atoms with Crippen molar-refractivity contribution in [3.63, 3.8) is 0 Å². The molecule has 1 aliphatic rings. The highest BCUT2D eigenvalue weighted by Gasteiger charge is 2.11. The van der Waals surface area contributed by atoms with Crippen molar-refractivity contribution < 1.29 is 4.74 Å². The summed E-state index contributed by atoms with van der Waals surface area (Å²) < 4.78 is 5.35. The molecule has 0 aromatic carbocycles. The summed E-state index contributed by atoms with van der Waals surface area (Å²) >= 11 is 0. The van der Waals surface area contributed by atoms with Gasteiger partial charge in [0.15, 0.2) is 0 Å². The first-order valence-corrected chi connectivity index (χ1v) is 4.95. The van der Waals surface area contributed by atoms with Crippen molar-refractivity contribution in [3.05, 3.63) is 0 Å². The molecule has 0 aromatic rings. The Morgan fingerprint density at radius 3 is 3.00 bits per heavy atom. The molecule has 78 valence electrons. The molecular formula is C9H21N3O. The zero-order valence-electron chi connectivity index (χ0n) is 8.68. The number of hydrogen-bond acceptors (Lipinski definition) is 4. The number of hydrogen-bond donors (Lipinski definition) is 2. The Morgan fingerprint density at radius 2 is 2.38 bits per heavy atom. The molecule has 1 fully saturated rings. The van der Waals surface area contributed by atoms with Crippen LogP contribution in [-0.4, -0.2) is 64.4 Å². The lowest BCUT2D eigenvalue weighted by molar-refractivity contribution is 0.0766. The van der Waals surface area contributed by atoms with Crippen molar-refractivity contribution in [2.45, 2.75) is 6.04 Å². The van der Waals surface area contributed by atoms with Gasteiger partial charge in [-0.2, -0.15) is 0 Å². The van der Waals surface area contributed by atoms with E-state index in [0.717, 1.165) is 39.4 Å². The highest BCUT2D eigenvalue weighted by Crippen LogP contribution is 1.90. The highest BCUT2D eigenvalue weighted by atomic mass is 16.5. The predicted octanol–water partition coefficient (Wildman–Crippen LogP) is -0.874. The van der Waals surface area contributed by atoms with Crippen molar-refractivity contribution in [3.8, 4) is 0 Å². The molecule has 1 saturated heterocycles. The lowest BCUT2D eigenvalue weighted by Gasteiger charge is -2.24. The molecule has 4 heteroatoms. The number of rotatable bonds is 5. The van der Waals surface area contributed by atoms with Gasteiger partial charge in [-0.05, 0) is 14.1 Å². The minimum absolute atomic E-state index is 0.496. The lowest BCUT2D eigenvalue weighted by atomic mass is 10.3. The third-order valence-corrected chi connectivity index (χ3v) is 2.12. The topological polar surface area (TPSA) is 36.5 Å². The summed E-state index contributed by atoms with van der Waals surface area (Å²) in [5.74, 6) is 0. The number of nitrogens with one attached hydrogen (secondary N) is 2. The molecule has 0 aliphatic carbocycles. The Balaban J connectivity index is 1.92. The van der Waals surface area contributed by atoms with Crippen LogP contribution in [0, 0.1) is 0 Å². The van der Waals surface area contributed by atoms with Gasteiger partial charge in [0.05, 0.1) is 13.2 Å². The molecule has 4 nitrogen and oxygen atoms in total. The van der Waals surface area contributed by atoms with Crippen LogP contribution in [0.15, 0.2) is 0 Å². The van der Waals surface area contributed by atoms with Gasteiger partial charge in [-0.3, -0.25) is 0 Å². The van der Waals surface area contributed by atoms with E-state index in [1.165, 1.54) is 0 Å². The zero-order valence-corrected chi connectivity index (χ0v) is 8.68. The Morgan fingerprint density at radius 1 is 1.54 bits per heavy atom. The van der Waals surface area contributed by atoms with Crippen LogP contribution in [-0.2, 0) is 4.74 Å². The van der Waals surface area contributed by atoms with Crippen molar-refractivity contribution in [2.75, 3.05) is 53.5 Å². The number of nitrogens with zero attached hydrogens (tertiary/aromatic N) is 1. The highest BCUT2D eigenvalue weighted by molar-refractivity contribution is 4.72. The minimum atomic E-state index is 0.496. The third kappa shape index (κ3) is 5.21. The summed E-state index contributed by atoms with van der Waals surface area (Å²) in [5.41, 5.74) is 0. The molecule has 13 heavy (non-hydrogen) atoms. The molecule has 0 saturated carbocycles. The smallest absolute Gasteiger partial charge is 0.0632 e. The average Bonchev–Trinajstić information content (AvgIpc) is 2.14. The predicted molar refractivity (Wildman–Crippen MR) is 54.0 cm³/mol. The number of likely N-dealkylation sites (N-methyl/N-ethyl adjacent to an activating group) is 1. The molecule has 2 N–H and O–H groups in total. The van der Waals surface area contributed by atoms with Crippen LogP contribution < -0.4 is 10.6 Å². The molecule has 0 aromatic heterocycles. The quantitative estimate of drug-likeness (QED) is 0.548. The van der Waals surface area contributed by atoms with Crippen LogP contribution in [0.3, 0.4) is 0 Å². The fourth-order valence-corrected chi connectivity index (χ4v) is 1.33. The Kier molecular flexibility index (Phi) is 5.31. The van der Waals surface area contributed by atoms with Crippen LogP contribution in [0.25, 0.3) is 0 Å². The van der Waals surface area contributed by atoms with E-state index in [1.54, 1.807) is 0 Å². The second-order valence-corrected chi connectivity index (χ2v) is 3.73. The summed E-state index contributed by atoms with van der Waals surface area (Å²) in [6, 6.07) is 0.496. The van der Waals surface area contributed by atoms with Gasteiger partial charge in [-0.15, -0.1) is 0 Å². The summed E-state index contributed by atoms with van der Waals surface area (Å²) in [6.45, 7) is 5.83. The maximum Gasteiger partial charge on any atom is 0.0632 e. The molecule has 0 radical (unpaired) electrons. The van der Waals surface area contributed by atoms with Crippen molar-refractivity contribution >= 4 is 0 Å². The lowest BCUT2D eigenvalue weighted by Crippen LogP contribution is -2.47. The third-order valence-electron chi connectivity index (χ3n) is 2.12. The van der Waals surface area contributed by atoms with Gasteiger partial charge in [0.25, 0.3) is 0 Å². The number of morpholine rings is 1. The molecule has 1 atom stereocenters. The van der Waals surface area contributed by atoms with E-state index >= 15 is 0 Å². The van der Waals surface area contributed by atoms with Gasteiger partial charge < -0.3 is 20.3 Å². The second kappa shape index (κ2) is 6.32. The maximum atomic E-state index is 5.35. The van der Waals surface area contributed by atoms with E-state index in [9.17, 15) is 0 Å². The van der Waals surface area contributed by atoms with Crippen molar-refractivity contribution in [1.29, 1.82) is 0 Å². The largest absolute Gasteiger partial charge is 0.378 e. The maximum absolute atomic E-state index is 5.35. The summed E-state index contributed by atoms with van der Waals surface area (Å²) in [6.07, 6.45) is 0. The Bertz CT molecular complexity index is 124. The first-order chi connectivity index (χ1) is 6.29. The van der Waals surface area contributed by atoms with Crippen molar-refractivity contribution in [1.82, 2.24) is 15.5 Å². The summed E-state index contributed by atoms with van der Waals surface area (Å²) in [5, 5.41) is 6.81. The first kappa shape index (κ1) is 10.9. The Hall–Kier alpha value is -0.160. The van der Waals surface area contributed by atoms with Gasteiger partial charge in [-0.25, -0.2) is 0 Å². The average molecular weight is 187 g/mol. The molecule has 1 rings (SSSR count). The van der Waals surface area contributed by atoms with E-state index < -0.39 is 0 Å². The fourth-order valence-electron chi connectivity index (χ4n) is 1.33. The molecular weight excluding hydrogens is 166 g/mol. The minimum Gasteiger partial charge on any atom is -0.378 e. The van der Waals surface area contributed by atoms with Crippen LogP contribution in [0.5, 0.6) is 0 Å². The van der Waals surface area contributed by atoms with Crippen molar-refractivity contribution in [2.24, 2.45) is 0 Å². The van der Waals surface area contributed by atoms with Crippen LogP contribution in [0.1, 0.15) is 0 Å². The van der Waals surface area contributed by atoms with E-state index in [4.69, 9.17) is 4.74 Å². The summed E-state index contributed by atoms with van der Waals surface area (Å²) in [7, 11) is 4.17. The Labute approximate surface area is 80.6 Å². The first-order valence-electron chi connectivity index (χ1n) is 4.95. The van der Waals surface area contributed by atoms with E-state index in [1.807, 2.05) is 0 Å². The monoisotopic (exact) mass is 187 g/mol. The van der Waals surface area contributed by atoms with Crippen LogP contribution in [0.4, 0.5) is 0 Å². The van der Waals surface area contributed by atoms with Gasteiger partial charge >= 0.3 is 0 Å². The summed E-state index contributed by atoms with van der Waals surface area (Å²) in [4.78, 5) is 2.18. The molecule has 0 bridgehead atoms. The SMILES string of the molecule is CN(C)CCNCC1COCCN1. The van der Waals surface area contributed by atoms with Gasteiger partial charge in [-0.1, -0.05) is 0 Å². The van der Waals surface area contributed by atoms with Gasteiger partial charge in [0, 0.05) is 32.2 Å². The molecule has 0 amide bonds. The standard InChI is InChI=1S/C9H21N3O/c1-12(2)5-3-10-7-9-8-13-6-4-11-9/h9-11H,3-8H2,1-2H3.